The maximum atomic E-state index is 12.3. The molecule has 0 atom stereocenters. The fourth-order valence-corrected chi connectivity index (χ4v) is 2.44. The smallest absolute Gasteiger partial charge is 0.254 e. The van der Waals surface area contributed by atoms with E-state index in [0.29, 0.717) is 36.2 Å². The molecule has 6 heteroatoms. The van der Waals surface area contributed by atoms with Crippen molar-refractivity contribution >= 4 is 17.5 Å². The number of hydrogen-bond acceptors (Lipinski definition) is 4. The predicted molar refractivity (Wildman–Crippen MR) is 87.2 cm³/mol. The molecule has 2 heterocycles. The van der Waals surface area contributed by atoms with Crippen LogP contribution in [0.15, 0.2) is 42.6 Å². The SMILES string of the molecule is CCOc1ccc(C(=O)N2CC(Oc3ccc(Cl)cn3)C2)cc1. The van der Waals surface area contributed by atoms with Gasteiger partial charge in [-0.05, 0) is 37.3 Å². The van der Waals surface area contributed by atoms with Crippen LogP contribution in [0.4, 0.5) is 0 Å². The van der Waals surface area contributed by atoms with Gasteiger partial charge >= 0.3 is 0 Å². The monoisotopic (exact) mass is 332 g/mol. The number of nitrogens with zero attached hydrogens (tertiary/aromatic N) is 2. The van der Waals surface area contributed by atoms with Crippen LogP contribution < -0.4 is 9.47 Å². The number of likely N-dealkylation sites (tertiary alicyclic amines) is 1. The summed E-state index contributed by atoms with van der Waals surface area (Å²) in [5, 5.41) is 0.568. The van der Waals surface area contributed by atoms with E-state index in [-0.39, 0.29) is 12.0 Å². The van der Waals surface area contributed by atoms with Gasteiger partial charge in [0.25, 0.3) is 5.91 Å². The second kappa shape index (κ2) is 6.87. The fourth-order valence-electron chi connectivity index (χ4n) is 2.32. The molecule has 0 N–H and O–H groups in total. The standard InChI is InChI=1S/C17H17ClN2O3/c1-2-22-14-6-3-12(4-7-14)17(21)20-10-15(11-20)23-16-8-5-13(18)9-19-16/h3-9,15H,2,10-11H2,1H3. The first-order chi connectivity index (χ1) is 11.2. The third-order valence-corrected chi connectivity index (χ3v) is 3.76. The molecule has 0 bridgehead atoms. The molecule has 1 fully saturated rings. The Morgan fingerprint density at radius 2 is 2.00 bits per heavy atom. The van der Waals surface area contributed by atoms with Crippen LogP contribution in [0.2, 0.25) is 5.02 Å². The van der Waals surface area contributed by atoms with Gasteiger partial charge < -0.3 is 14.4 Å². The number of ether oxygens (including phenoxy) is 2. The first kappa shape index (κ1) is 15.6. The highest BCUT2D eigenvalue weighted by Crippen LogP contribution is 2.20. The number of rotatable bonds is 5. The molecule has 0 radical (unpaired) electrons. The Labute approximate surface area is 139 Å². The lowest BCUT2D eigenvalue weighted by molar-refractivity contribution is 0.0160. The highest BCUT2D eigenvalue weighted by Gasteiger charge is 2.33. The van der Waals surface area contributed by atoms with Gasteiger partial charge in [0.1, 0.15) is 11.9 Å². The summed E-state index contributed by atoms with van der Waals surface area (Å²) in [5.41, 5.74) is 0.650. The van der Waals surface area contributed by atoms with Crippen LogP contribution >= 0.6 is 11.6 Å². The minimum atomic E-state index is -0.0321. The second-order valence-electron chi connectivity index (χ2n) is 5.22. The molecule has 1 aromatic heterocycles. The normalized spacial score (nSPS) is 14.3. The average molecular weight is 333 g/mol. The molecule has 23 heavy (non-hydrogen) atoms. The van der Waals surface area contributed by atoms with E-state index in [1.54, 1.807) is 35.4 Å². The molecule has 0 unspecified atom stereocenters. The Morgan fingerprint density at radius 1 is 1.26 bits per heavy atom. The van der Waals surface area contributed by atoms with Gasteiger partial charge in [-0.3, -0.25) is 4.79 Å². The zero-order chi connectivity index (χ0) is 16.2. The van der Waals surface area contributed by atoms with Crippen LogP contribution in [0.25, 0.3) is 0 Å². The number of aromatic nitrogens is 1. The van der Waals surface area contributed by atoms with E-state index in [4.69, 9.17) is 21.1 Å². The molecule has 1 aliphatic heterocycles. The Hall–Kier alpha value is -2.27. The van der Waals surface area contributed by atoms with Crippen LogP contribution in [0.5, 0.6) is 11.6 Å². The molecule has 5 nitrogen and oxygen atoms in total. The van der Waals surface area contributed by atoms with Crippen LogP contribution in [0, 0.1) is 0 Å². The minimum Gasteiger partial charge on any atom is -0.494 e. The lowest BCUT2D eigenvalue weighted by Crippen LogP contribution is -2.56. The molecule has 1 aliphatic rings. The first-order valence-corrected chi connectivity index (χ1v) is 7.84. The zero-order valence-corrected chi connectivity index (χ0v) is 13.5. The van der Waals surface area contributed by atoms with Gasteiger partial charge in [-0.1, -0.05) is 11.6 Å². The van der Waals surface area contributed by atoms with E-state index in [1.165, 1.54) is 0 Å². The molecule has 0 aliphatic carbocycles. The maximum Gasteiger partial charge on any atom is 0.254 e. The van der Waals surface area contributed by atoms with Crippen molar-refractivity contribution in [2.24, 2.45) is 0 Å². The molecule has 120 valence electrons. The van der Waals surface area contributed by atoms with E-state index in [0.717, 1.165) is 5.75 Å². The van der Waals surface area contributed by atoms with Gasteiger partial charge in [-0.15, -0.1) is 0 Å². The zero-order valence-electron chi connectivity index (χ0n) is 12.7. The second-order valence-corrected chi connectivity index (χ2v) is 5.66. The van der Waals surface area contributed by atoms with Gasteiger partial charge in [0.2, 0.25) is 5.88 Å². The van der Waals surface area contributed by atoms with E-state index in [2.05, 4.69) is 4.98 Å². The average Bonchev–Trinajstić information content (AvgIpc) is 2.53. The molecular weight excluding hydrogens is 316 g/mol. The molecule has 0 spiro atoms. The third-order valence-electron chi connectivity index (χ3n) is 3.54. The largest absolute Gasteiger partial charge is 0.494 e. The number of benzene rings is 1. The van der Waals surface area contributed by atoms with Crippen molar-refractivity contribution in [2.45, 2.75) is 13.0 Å². The van der Waals surface area contributed by atoms with Gasteiger partial charge in [-0.2, -0.15) is 0 Å². The lowest BCUT2D eigenvalue weighted by Gasteiger charge is -2.38. The summed E-state index contributed by atoms with van der Waals surface area (Å²) in [4.78, 5) is 18.2. The highest BCUT2D eigenvalue weighted by molar-refractivity contribution is 6.30. The Bertz CT molecular complexity index is 667. The van der Waals surface area contributed by atoms with Gasteiger partial charge in [0.15, 0.2) is 0 Å². The molecule has 3 rings (SSSR count). The molecule has 1 amide bonds. The van der Waals surface area contributed by atoms with E-state index < -0.39 is 0 Å². The molecule has 1 saturated heterocycles. The lowest BCUT2D eigenvalue weighted by atomic mass is 10.1. The van der Waals surface area contributed by atoms with Gasteiger partial charge in [0, 0.05) is 17.8 Å². The molecular formula is C17H17ClN2O3. The van der Waals surface area contributed by atoms with Crippen molar-refractivity contribution in [1.82, 2.24) is 9.88 Å². The molecule has 2 aromatic rings. The maximum absolute atomic E-state index is 12.3. The van der Waals surface area contributed by atoms with E-state index >= 15 is 0 Å². The number of carbonyl (C=O) groups is 1. The van der Waals surface area contributed by atoms with E-state index in [9.17, 15) is 4.79 Å². The van der Waals surface area contributed by atoms with Crippen molar-refractivity contribution in [3.63, 3.8) is 0 Å². The summed E-state index contributed by atoms with van der Waals surface area (Å²) < 4.78 is 11.1. The Kier molecular flexibility index (Phi) is 4.67. The predicted octanol–water partition coefficient (Wildman–Crippen LogP) is 3.04. The van der Waals surface area contributed by atoms with Crippen molar-refractivity contribution < 1.29 is 14.3 Å². The van der Waals surface area contributed by atoms with Crippen LogP contribution in [-0.4, -0.2) is 41.6 Å². The summed E-state index contributed by atoms with van der Waals surface area (Å²) in [6.45, 7) is 3.64. The highest BCUT2D eigenvalue weighted by atomic mass is 35.5. The van der Waals surface area contributed by atoms with E-state index in [1.807, 2.05) is 19.1 Å². The van der Waals surface area contributed by atoms with Crippen molar-refractivity contribution in [3.05, 3.63) is 53.2 Å². The quantitative estimate of drug-likeness (QED) is 0.844. The number of halogens is 1. The number of hydrogen-bond donors (Lipinski definition) is 0. The summed E-state index contributed by atoms with van der Waals surface area (Å²) in [6, 6.07) is 10.6. The topological polar surface area (TPSA) is 51.7 Å². The Morgan fingerprint density at radius 3 is 2.61 bits per heavy atom. The van der Waals surface area contributed by atoms with Crippen molar-refractivity contribution in [2.75, 3.05) is 19.7 Å². The van der Waals surface area contributed by atoms with Crippen LogP contribution in [0.3, 0.4) is 0 Å². The van der Waals surface area contributed by atoms with Crippen molar-refractivity contribution in [1.29, 1.82) is 0 Å². The fraction of sp³-hybridized carbons (Fsp3) is 0.294. The summed E-state index contributed by atoms with van der Waals surface area (Å²) in [7, 11) is 0. The summed E-state index contributed by atoms with van der Waals surface area (Å²) >= 11 is 5.78. The summed E-state index contributed by atoms with van der Waals surface area (Å²) in [5.74, 6) is 1.28. The van der Waals surface area contributed by atoms with Crippen molar-refractivity contribution in [3.8, 4) is 11.6 Å². The van der Waals surface area contributed by atoms with Crippen LogP contribution in [-0.2, 0) is 0 Å². The number of pyridine rings is 1. The van der Waals surface area contributed by atoms with Gasteiger partial charge in [0.05, 0.1) is 24.7 Å². The number of amides is 1. The first-order valence-electron chi connectivity index (χ1n) is 7.46. The third kappa shape index (κ3) is 3.74. The molecule has 0 saturated carbocycles. The Balaban J connectivity index is 1.52. The van der Waals surface area contributed by atoms with Gasteiger partial charge in [-0.25, -0.2) is 4.98 Å². The minimum absolute atomic E-state index is 0.00281. The number of carbonyl (C=O) groups excluding carboxylic acids is 1. The van der Waals surface area contributed by atoms with Crippen LogP contribution in [0.1, 0.15) is 17.3 Å². The summed E-state index contributed by atoms with van der Waals surface area (Å²) in [6.07, 6.45) is 1.51. The molecule has 1 aromatic carbocycles.